The van der Waals surface area contributed by atoms with Crippen molar-refractivity contribution in [3.63, 3.8) is 0 Å². The molecule has 0 radical (unpaired) electrons. The lowest BCUT2D eigenvalue weighted by atomic mass is 10.0. The lowest BCUT2D eigenvalue weighted by molar-refractivity contribution is 0.0342. The van der Waals surface area contributed by atoms with Crippen molar-refractivity contribution in [1.82, 2.24) is 20.3 Å². The molecule has 0 amide bonds. The second-order valence-corrected chi connectivity index (χ2v) is 5.48. The van der Waals surface area contributed by atoms with Crippen molar-refractivity contribution in [2.45, 2.75) is 13.5 Å². The van der Waals surface area contributed by atoms with Crippen LogP contribution in [0.4, 0.5) is 0 Å². The summed E-state index contributed by atoms with van der Waals surface area (Å²) >= 11 is 0. The number of carbonyl (C=O) groups is 1. The molecule has 8 heteroatoms. The van der Waals surface area contributed by atoms with Gasteiger partial charge in [0.1, 0.15) is 11.4 Å². The highest BCUT2D eigenvalue weighted by Crippen LogP contribution is 2.31. The van der Waals surface area contributed by atoms with Crippen LogP contribution in [0, 0.1) is 0 Å². The molecular weight excluding hydrogens is 312 g/mol. The number of carbonyl (C=O) groups excluding carboxylic acids is 1. The Morgan fingerprint density at radius 3 is 2.92 bits per heavy atom. The summed E-state index contributed by atoms with van der Waals surface area (Å²) < 4.78 is 10.3. The van der Waals surface area contributed by atoms with E-state index < -0.39 is 5.97 Å². The zero-order chi connectivity index (χ0) is 16.9. The number of hydrogen-bond donors (Lipinski definition) is 2. The molecule has 2 aromatic rings. The van der Waals surface area contributed by atoms with Crippen LogP contribution in [0.5, 0.6) is 5.75 Å². The number of aromatic amines is 1. The van der Waals surface area contributed by atoms with E-state index >= 15 is 0 Å². The molecule has 0 unspecified atom stereocenters. The lowest BCUT2D eigenvalue weighted by Gasteiger charge is -2.26. The summed E-state index contributed by atoms with van der Waals surface area (Å²) in [7, 11) is 0. The van der Waals surface area contributed by atoms with Gasteiger partial charge in [-0.15, -0.1) is 5.10 Å². The Morgan fingerprint density at radius 1 is 1.38 bits per heavy atom. The SMILES string of the molecule is CCOC(=O)c1n[nH]nc1-c1cc(CN2CCOCC2)ccc1O. The fraction of sp³-hybridized carbons (Fsp3) is 0.438. The van der Waals surface area contributed by atoms with Gasteiger partial charge in [-0.25, -0.2) is 4.79 Å². The fourth-order valence-corrected chi connectivity index (χ4v) is 2.65. The van der Waals surface area contributed by atoms with Gasteiger partial charge in [0.15, 0.2) is 5.69 Å². The topological polar surface area (TPSA) is 101 Å². The van der Waals surface area contributed by atoms with E-state index in [1.807, 2.05) is 12.1 Å². The third kappa shape index (κ3) is 3.55. The van der Waals surface area contributed by atoms with Crippen LogP contribution in [0.3, 0.4) is 0 Å². The number of aromatic nitrogens is 3. The third-order valence-electron chi connectivity index (χ3n) is 3.84. The van der Waals surface area contributed by atoms with Crippen LogP contribution in [0.15, 0.2) is 18.2 Å². The van der Waals surface area contributed by atoms with Crippen LogP contribution >= 0.6 is 0 Å². The molecule has 0 aliphatic carbocycles. The van der Waals surface area contributed by atoms with Gasteiger partial charge >= 0.3 is 5.97 Å². The first-order valence-electron chi connectivity index (χ1n) is 7.89. The van der Waals surface area contributed by atoms with Crippen LogP contribution in [0.25, 0.3) is 11.3 Å². The fourth-order valence-electron chi connectivity index (χ4n) is 2.65. The predicted octanol–water partition coefficient (Wildman–Crippen LogP) is 1.19. The molecule has 1 saturated heterocycles. The van der Waals surface area contributed by atoms with Gasteiger partial charge < -0.3 is 14.6 Å². The molecular formula is C16H20N4O4. The highest BCUT2D eigenvalue weighted by molar-refractivity contribution is 5.94. The van der Waals surface area contributed by atoms with E-state index in [0.29, 0.717) is 5.56 Å². The number of rotatable bonds is 5. The Morgan fingerprint density at radius 2 is 2.17 bits per heavy atom. The number of hydrogen-bond acceptors (Lipinski definition) is 7. The summed E-state index contributed by atoms with van der Waals surface area (Å²) in [6.45, 7) is 5.89. The highest BCUT2D eigenvalue weighted by Gasteiger charge is 2.22. The number of benzene rings is 1. The molecule has 3 rings (SSSR count). The molecule has 2 heterocycles. The number of nitrogens with zero attached hydrogens (tertiary/aromatic N) is 3. The van der Waals surface area contributed by atoms with Crippen molar-refractivity contribution in [2.24, 2.45) is 0 Å². The van der Waals surface area contributed by atoms with E-state index in [0.717, 1.165) is 38.4 Å². The Kier molecular flexibility index (Phi) is 5.07. The first kappa shape index (κ1) is 16.4. The van der Waals surface area contributed by atoms with Crippen molar-refractivity contribution < 1.29 is 19.4 Å². The molecule has 128 valence electrons. The molecule has 0 bridgehead atoms. The molecule has 1 aromatic carbocycles. The second kappa shape index (κ2) is 7.41. The Balaban J connectivity index is 1.86. The first-order chi connectivity index (χ1) is 11.7. The van der Waals surface area contributed by atoms with Gasteiger partial charge in [-0.1, -0.05) is 6.07 Å². The molecule has 0 saturated carbocycles. The van der Waals surface area contributed by atoms with Crippen LogP contribution in [0.2, 0.25) is 0 Å². The normalized spacial score (nSPS) is 15.4. The maximum absolute atomic E-state index is 12.0. The molecule has 24 heavy (non-hydrogen) atoms. The zero-order valence-electron chi connectivity index (χ0n) is 13.5. The molecule has 0 atom stereocenters. The number of H-pyrrole nitrogens is 1. The standard InChI is InChI=1S/C16H20N4O4/c1-2-24-16(22)15-14(17-19-18-15)12-9-11(3-4-13(12)21)10-20-5-7-23-8-6-20/h3-4,9,21H,2,5-8,10H2,1H3,(H,17,18,19). The molecule has 1 aromatic heterocycles. The minimum atomic E-state index is -0.570. The van der Waals surface area contributed by atoms with Crippen molar-refractivity contribution in [1.29, 1.82) is 0 Å². The monoisotopic (exact) mass is 332 g/mol. The smallest absolute Gasteiger partial charge is 0.361 e. The lowest BCUT2D eigenvalue weighted by Crippen LogP contribution is -2.35. The maximum atomic E-state index is 12.0. The Labute approximate surface area is 139 Å². The van der Waals surface area contributed by atoms with E-state index in [4.69, 9.17) is 9.47 Å². The number of phenolic OH excluding ortho intramolecular Hbond substituents is 1. The predicted molar refractivity (Wildman–Crippen MR) is 85.5 cm³/mol. The van der Waals surface area contributed by atoms with Gasteiger partial charge in [-0.2, -0.15) is 10.3 Å². The molecule has 1 aliphatic rings. The van der Waals surface area contributed by atoms with Crippen LogP contribution < -0.4 is 0 Å². The average molecular weight is 332 g/mol. The average Bonchev–Trinajstić information content (AvgIpc) is 3.07. The number of nitrogens with one attached hydrogen (secondary N) is 1. The number of morpholine rings is 1. The minimum absolute atomic E-state index is 0.0418. The summed E-state index contributed by atoms with van der Waals surface area (Å²) in [5, 5.41) is 20.5. The van der Waals surface area contributed by atoms with Crippen LogP contribution in [0.1, 0.15) is 23.0 Å². The van der Waals surface area contributed by atoms with Gasteiger partial charge in [0.2, 0.25) is 0 Å². The van der Waals surface area contributed by atoms with Crippen molar-refractivity contribution in [2.75, 3.05) is 32.9 Å². The van der Waals surface area contributed by atoms with Gasteiger partial charge in [0.25, 0.3) is 0 Å². The number of esters is 1. The van der Waals surface area contributed by atoms with E-state index in [1.54, 1.807) is 13.0 Å². The maximum Gasteiger partial charge on any atom is 0.361 e. The van der Waals surface area contributed by atoms with Crippen molar-refractivity contribution in [3.8, 4) is 17.0 Å². The number of ether oxygens (including phenoxy) is 2. The van der Waals surface area contributed by atoms with Crippen molar-refractivity contribution in [3.05, 3.63) is 29.5 Å². The Hall–Kier alpha value is -2.45. The third-order valence-corrected chi connectivity index (χ3v) is 3.84. The van der Waals surface area contributed by atoms with Crippen LogP contribution in [-0.4, -0.2) is 64.3 Å². The summed E-state index contributed by atoms with van der Waals surface area (Å²) in [4.78, 5) is 14.2. The summed E-state index contributed by atoms with van der Waals surface area (Å²) in [5.74, 6) is -0.528. The quantitative estimate of drug-likeness (QED) is 0.793. The largest absolute Gasteiger partial charge is 0.507 e. The van der Waals surface area contributed by atoms with E-state index in [2.05, 4.69) is 20.3 Å². The molecule has 2 N–H and O–H groups in total. The Bertz CT molecular complexity index is 710. The summed E-state index contributed by atoms with van der Waals surface area (Å²) in [5.41, 5.74) is 1.82. The molecule has 8 nitrogen and oxygen atoms in total. The van der Waals surface area contributed by atoms with Gasteiger partial charge in [0, 0.05) is 25.2 Å². The zero-order valence-corrected chi connectivity index (χ0v) is 13.5. The summed E-state index contributed by atoms with van der Waals surface area (Å²) in [6, 6.07) is 5.29. The van der Waals surface area contributed by atoms with E-state index in [9.17, 15) is 9.90 Å². The number of phenols is 1. The van der Waals surface area contributed by atoms with Gasteiger partial charge in [-0.3, -0.25) is 4.90 Å². The number of aromatic hydroxyl groups is 1. The second-order valence-electron chi connectivity index (χ2n) is 5.48. The summed E-state index contributed by atoms with van der Waals surface area (Å²) in [6.07, 6.45) is 0. The minimum Gasteiger partial charge on any atom is -0.507 e. The van der Waals surface area contributed by atoms with E-state index in [1.165, 1.54) is 0 Å². The molecule has 1 aliphatic heterocycles. The van der Waals surface area contributed by atoms with Crippen molar-refractivity contribution >= 4 is 5.97 Å². The van der Waals surface area contributed by atoms with Gasteiger partial charge in [0.05, 0.1) is 19.8 Å². The van der Waals surface area contributed by atoms with Gasteiger partial charge in [-0.05, 0) is 24.6 Å². The highest BCUT2D eigenvalue weighted by atomic mass is 16.5. The molecule has 0 spiro atoms. The van der Waals surface area contributed by atoms with E-state index in [-0.39, 0.29) is 23.7 Å². The van der Waals surface area contributed by atoms with Crippen LogP contribution in [-0.2, 0) is 16.0 Å². The first-order valence-corrected chi connectivity index (χ1v) is 7.89. The molecule has 1 fully saturated rings.